The summed E-state index contributed by atoms with van der Waals surface area (Å²) in [5, 5.41) is 0. The van der Waals surface area contributed by atoms with Gasteiger partial charge in [-0.05, 0) is 13.3 Å². The monoisotopic (exact) mass is 175 g/mol. The van der Waals surface area contributed by atoms with Gasteiger partial charge in [-0.1, -0.05) is 13.3 Å². The quantitative estimate of drug-likeness (QED) is 0.563. The summed E-state index contributed by atoms with van der Waals surface area (Å²) in [6, 6.07) is 0.126. The van der Waals surface area contributed by atoms with Gasteiger partial charge in [0.25, 0.3) is 0 Å². The Hall–Kier alpha value is -0.120. The minimum absolute atomic E-state index is 0.126. The van der Waals surface area contributed by atoms with Crippen LogP contribution in [0.1, 0.15) is 26.7 Å². The van der Waals surface area contributed by atoms with Gasteiger partial charge in [0, 0.05) is 12.6 Å². The molecule has 0 rings (SSSR count). The molecule has 0 radical (unpaired) electrons. The van der Waals surface area contributed by atoms with E-state index in [1.165, 1.54) is 6.42 Å². The summed E-state index contributed by atoms with van der Waals surface area (Å²) >= 11 is 0. The Morgan fingerprint density at radius 2 is 1.83 bits per heavy atom. The Balaban J connectivity index is 2.82. The maximum absolute atomic E-state index is 5.49. The van der Waals surface area contributed by atoms with E-state index < -0.39 is 0 Å². The normalized spacial score (nSPS) is 13.2. The van der Waals surface area contributed by atoms with E-state index in [4.69, 9.17) is 15.2 Å². The van der Waals surface area contributed by atoms with E-state index in [1.807, 2.05) is 6.92 Å². The number of nitrogens with two attached hydrogens (primary N) is 1. The van der Waals surface area contributed by atoms with Gasteiger partial charge in [-0.3, -0.25) is 0 Å². The van der Waals surface area contributed by atoms with Gasteiger partial charge >= 0.3 is 0 Å². The maximum atomic E-state index is 5.49. The summed E-state index contributed by atoms with van der Waals surface area (Å²) in [6.07, 6.45) is 2.31. The Labute approximate surface area is 75.2 Å². The van der Waals surface area contributed by atoms with Crippen molar-refractivity contribution in [1.82, 2.24) is 0 Å². The third-order valence-electron chi connectivity index (χ3n) is 1.39. The Morgan fingerprint density at radius 1 is 1.17 bits per heavy atom. The fraction of sp³-hybridized carbons (Fsp3) is 1.00. The lowest BCUT2D eigenvalue weighted by Crippen LogP contribution is -2.23. The van der Waals surface area contributed by atoms with Crippen LogP contribution in [0.4, 0.5) is 0 Å². The lowest BCUT2D eigenvalue weighted by Gasteiger charge is -2.06. The lowest BCUT2D eigenvalue weighted by molar-refractivity contribution is 0.0431. The molecule has 1 atom stereocenters. The summed E-state index contributed by atoms with van der Waals surface area (Å²) < 4.78 is 10.5. The highest BCUT2D eigenvalue weighted by Gasteiger charge is 1.93. The van der Waals surface area contributed by atoms with Gasteiger partial charge in [-0.25, -0.2) is 0 Å². The molecule has 0 aliphatic carbocycles. The van der Waals surface area contributed by atoms with Crippen molar-refractivity contribution in [1.29, 1.82) is 0 Å². The fourth-order valence-electron chi connectivity index (χ4n) is 0.736. The third kappa shape index (κ3) is 9.88. The van der Waals surface area contributed by atoms with Crippen LogP contribution in [0.2, 0.25) is 0 Å². The van der Waals surface area contributed by atoms with Crippen molar-refractivity contribution >= 4 is 0 Å². The molecule has 0 aromatic rings. The highest BCUT2D eigenvalue weighted by atomic mass is 16.5. The zero-order valence-corrected chi connectivity index (χ0v) is 8.21. The predicted octanol–water partition coefficient (Wildman–Crippen LogP) is 1.17. The first-order chi connectivity index (χ1) is 5.77. The van der Waals surface area contributed by atoms with Gasteiger partial charge in [0.1, 0.15) is 0 Å². The molecule has 12 heavy (non-hydrogen) atoms. The first-order valence-corrected chi connectivity index (χ1v) is 4.68. The van der Waals surface area contributed by atoms with Crippen molar-refractivity contribution < 1.29 is 9.47 Å². The second-order valence-electron chi connectivity index (χ2n) is 3.02. The Bertz CT molecular complexity index is 86.6. The smallest absolute Gasteiger partial charge is 0.0701 e. The van der Waals surface area contributed by atoms with E-state index >= 15 is 0 Å². The molecule has 0 aromatic heterocycles. The van der Waals surface area contributed by atoms with Crippen molar-refractivity contribution in [2.75, 3.05) is 26.4 Å². The first-order valence-electron chi connectivity index (χ1n) is 4.68. The van der Waals surface area contributed by atoms with Crippen LogP contribution in [0.15, 0.2) is 0 Å². The number of unbranched alkanes of at least 4 members (excludes halogenated alkanes) is 1. The van der Waals surface area contributed by atoms with Gasteiger partial charge in [0.15, 0.2) is 0 Å². The van der Waals surface area contributed by atoms with E-state index in [9.17, 15) is 0 Å². The molecule has 0 aromatic carbocycles. The van der Waals surface area contributed by atoms with Crippen LogP contribution in [-0.4, -0.2) is 32.5 Å². The molecule has 0 saturated heterocycles. The molecular formula is C9H21NO2. The molecule has 3 heteroatoms. The topological polar surface area (TPSA) is 44.5 Å². The summed E-state index contributed by atoms with van der Waals surface area (Å²) in [5.74, 6) is 0. The Morgan fingerprint density at radius 3 is 2.42 bits per heavy atom. The van der Waals surface area contributed by atoms with Crippen LogP contribution in [0.5, 0.6) is 0 Å². The van der Waals surface area contributed by atoms with E-state index in [0.29, 0.717) is 19.8 Å². The van der Waals surface area contributed by atoms with Crippen LogP contribution in [0, 0.1) is 0 Å². The van der Waals surface area contributed by atoms with Crippen molar-refractivity contribution in [2.24, 2.45) is 5.73 Å². The highest BCUT2D eigenvalue weighted by Crippen LogP contribution is 1.88. The minimum atomic E-state index is 0.126. The number of ether oxygens (including phenoxy) is 2. The van der Waals surface area contributed by atoms with Crippen molar-refractivity contribution in [2.45, 2.75) is 32.7 Å². The largest absolute Gasteiger partial charge is 0.379 e. The second kappa shape index (κ2) is 8.97. The molecule has 0 amide bonds. The fourth-order valence-corrected chi connectivity index (χ4v) is 0.736. The molecule has 0 bridgehead atoms. The molecule has 0 saturated carbocycles. The molecule has 0 spiro atoms. The molecule has 0 fully saturated rings. The van der Waals surface area contributed by atoms with E-state index in [0.717, 1.165) is 13.0 Å². The Kier molecular flexibility index (Phi) is 8.88. The molecule has 3 nitrogen and oxygen atoms in total. The average molecular weight is 175 g/mol. The van der Waals surface area contributed by atoms with E-state index in [1.54, 1.807) is 0 Å². The van der Waals surface area contributed by atoms with E-state index in [2.05, 4.69) is 6.92 Å². The van der Waals surface area contributed by atoms with Gasteiger partial charge in [0.2, 0.25) is 0 Å². The third-order valence-corrected chi connectivity index (χ3v) is 1.39. The number of hydrogen-bond donors (Lipinski definition) is 1. The van der Waals surface area contributed by atoms with Crippen molar-refractivity contribution in [3.05, 3.63) is 0 Å². The second-order valence-corrected chi connectivity index (χ2v) is 3.02. The van der Waals surface area contributed by atoms with Crippen LogP contribution in [-0.2, 0) is 9.47 Å². The lowest BCUT2D eigenvalue weighted by atomic mass is 10.4. The van der Waals surface area contributed by atoms with Crippen molar-refractivity contribution in [3.63, 3.8) is 0 Å². The van der Waals surface area contributed by atoms with Crippen LogP contribution in [0.3, 0.4) is 0 Å². The minimum Gasteiger partial charge on any atom is -0.379 e. The van der Waals surface area contributed by atoms with E-state index in [-0.39, 0.29) is 6.04 Å². The van der Waals surface area contributed by atoms with Gasteiger partial charge in [-0.15, -0.1) is 0 Å². The summed E-state index contributed by atoms with van der Waals surface area (Å²) in [5.41, 5.74) is 5.49. The maximum Gasteiger partial charge on any atom is 0.0701 e. The van der Waals surface area contributed by atoms with Crippen LogP contribution < -0.4 is 5.73 Å². The molecule has 0 aliphatic rings. The zero-order chi connectivity index (χ0) is 9.23. The summed E-state index contributed by atoms with van der Waals surface area (Å²) in [4.78, 5) is 0. The SMILES string of the molecule is CCCCOCCOCC(C)N. The number of hydrogen-bond acceptors (Lipinski definition) is 3. The predicted molar refractivity (Wildman–Crippen MR) is 50.2 cm³/mol. The van der Waals surface area contributed by atoms with Gasteiger partial charge < -0.3 is 15.2 Å². The van der Waals surface area contributed by atoms with Crippen LogP contribution >= 0.6 is 0 Å². The number of rotatable bonds is 8. The van der Waals surface area contributed by atoms with Gasteiger partial charge in [-0.2, -0.15) is 0 Å². The molecule has 74 valence electrons. The molecule has 0 aliphatic heterocycles. The van der Waals surface area contributed by atoms with Gasteiger partial charge in [0.05, 0.1) is 19.8 Å². The molecule has 2 N–H and O–H groups in total. The summed E-state index contributed by atoms with van der Waals surface area (Å²) in [7, 11) is 0. The van der Waals surface area contributed by atoms with Crippen molar-refractivity contribution in [3.8, 4) is 0 Å². The molecule has 1 unspecified atom stereocenters. The highest BCUT2D eigenvalue weighted by molar-refractivity contribution is 4.47. The average Bonchev–Trinajstić information content (AvgIpc) is 2.02. The summed E-state index contributed by atoms with van der Waals surface area (Å²) in [6.45, 7) is 6.89. The standard InChI is InChI=1S/C9H21NO2/c1-3-4-5-11-6-7-12-8-9(2)10/h9H,3-8,10H2,1-2H3. The van der Waals surface area contributed by atoms with Crippen LogP contribution in [0.25, 0.3) is 0 Å². The zero-order valence-electron chi connectivity index (χ0n) is 8.21. The molecule has 0 heterocycles. The first kappa shape index (κ1) is 11.9. The molecular weight excluding hydrogens is 154 g/mol.